The molecular weight excluding hydrogens is 394 g/mol. The first-order valence-electron chi connectivity index (χ1n) is 8.87. The number of nitrogens with one attached hydrogen (secondary N) is 2. The lowest BCUT2D eigenvalue weighted by atomic mass is 10.1. The van der Waals surface area contributed by atoms with E-state index in [-0.39, 0.29) is 23.0 Å². The maximum Gasteiger partial charge on any atom is 0.387 e. The second kappa shape index (κ2) is 9.51. The van der Waals surface area contributed by atoms with Gasteiger partial charge in [0.25, 0.3) is 11.8 Å². The molecule has 3 rings (SSSR count). The van der Waals surface area contributed by atoms with E-state index in [1.54, 1.807) is 54.6 Å². The van der Waals surface area contributed by atoms with Crippen molar-refractivity contribution in [2.75, 3.05) is 17.7 Å². The average molecular weight is 412 g/mol. The molecule has 6 nitrogen and oxygen atoms in total. The van der Waals surface area contributed by atoms with E-state index >= 15 is 0 Å². The highest BCUT2D eigenvalue weighted by Crippen LogP contribution is 2.30. The van der Waals surface area contributed by atoms with Gasteiger partial charge >= 0.3 is 6.61 Å². The van der Waals surface area contributed by atoms with Gasteiger partial charge in [0.05, 0.1) is 18.5 Å². The van der Waals surface area contributed by atoms with Gasteiger partial charge in [-0.2, -0.15) is 8.78 Å². The Morgan fingerprint density at radius 3 is 1.90 bits per heavy atom. The first kappa shape index (κ1) is 20.8. The van der Waals surface area contributed by atoms with E-state index in [2.05, 4.69) is 15.4 Å². The lowest BCUT2D eigenvalue weighted by Crippen LogP contribution is -2.17. The molecule has 0 aliphatic rings. The Morgan fingerprint density at radius 2 is 1.33 bits per heavy atom. The van der Waals surface area contributed by atoms with Crippen molar-refractivity contribution in [2.24, 2.45) is 0 Å². The monoisotopic (exact) mass is 412 g/mol. The van der Waals surface area contributed by atoms with Crippen molar-refractivity contribution in [3.05, 3.63) is 83.9 Å². The lowest BCUT2D eigenvalue weighted by molar-refractivity contribution is -0.0512. The van der Waals surface area contributed by atoms with E-state index < -0.39 is 12.5 Å². The minimum absolute atomic E-state index is 0.0716. The van der Waals surface area contributed by atoms with Crippen LogP contribution in [0.2, 0.25) is 0 Å². The Hall–Kier alpha value is -3.94. The van der Waals surface area contributed by atoms with Crippen LogP contribution in [-0.4, -0.2) is 25.5 Å². The van der Waals surface area contributed by atoms with Crippen molar-refractivity contribution in [1.82, 2.24) is 0 Å². The van der Waals surface area contributed by atoms with Crippen LogP contribution < -0.4 is 20.1 Å². The quantitative estimate of drug-likeness (QED) is 0.584. The van der Waals surface area contributed by atoms with E-state index in [1.165, 1.54) is 19.2 Å². The summed E-state index contributed by atoms with van der Waals surface area (Å²) in [7, 11) is 1.30. The molecule has 154 valence electrons. The van der Waals surface area contributed by atoms with Crippen molar-refractivity contribution in [3.8, 4) is 11.5 Å². The van der Waals surface area contributed by atoms with Crippen molar-refractivity contribution in [3.63, 3.8) is 0 Å². The number of rotatable bonds is 7. The molecule has 0 spiro atoms. The zero-order chi connectivity index (χ0) is 21.5. The van der Waals surface area contributed by atoms with Crippen LogP contribution in [0.4, 0.5) is 20.2 Å². The van der Waals surface area contributed by atoms with Crippen LogP contribution >= 0.6 is 0 Å². The molecule has 0 bridgehead atoms. The summed E-state index contributed by atoms with van der Waals surface area (Å²) in [5, 5.41) is 5.41. The van der Waals surface area contributed by atoms with Gasteiger partial charge in [-0.05, 0) is 42.5 Å². The third-order valence-corrected chi connectivity index (χ3v) is 4.10. The number of amides is 2. The minimum atomic E-state index is -3.06. The molecule has 8 heteroatoms. The number of ether oxygens (including phenoxy) is 2. The van der Waals surface area contributed by atoms with Crippen molar-refractivity contribution in [2.45, 2.75) is 6.61 Å². The maximum absolute atomic E-state index is 12.7. The Morgan fingerprint density at radius 1 is 0.767 bits per heavy atom. The highest BCUT2D eigenvalue weighted by Gasteiger charge is 2.16. The highest BCUT2D eigenvalue weighted by molar-refractivity contribution is 6.10. The molecule has 0 heterocycles. The number of benzene rings is 3. The van der Waals surface area contributed by atoms with Gasteiger partial charge in [0.15, 0.2) is 11.5 Å². The summed E-state index contributed by atoms with van der Waals surface area (Å²) in [4.78, 5) is 25.1. The first-order valence-corrected chi connectivity index (χ1v) is 8.87. The number of para-hydroxylation sites is 2. The summed E-state index contributed by atoms with van der Waals surface area (Å²) in [6.07, 6.45) is 0. The largest absolute Gasteiger partial charge is 0.493 e. The number of methoxy groups -OCH3 is 1. The fourth-order valence-electron chi connectivity index (χ4n) is 2.69. The second-order valence-electron chi connectivity index (χ2n) is 6.06. The van der Waals surface area contributed by atoms with Crippen molar-refractivity contribution in [1.29, 1.82) is 0 Å². The van der Waals surface area contributed by atoms with E-state index in [0.717, 1.165) is 6.07 Å². The smallest absolute Gasteiger partial charge is 0.387 e. The van der Waals surface area contributed by atoms with Gasteiger partial charge in [-0.15, -0.1) is 0 Å². The second-order valence-corrected chi connectivity index (χ2v) is 6.06. The zero-order valence-corrected chi connectivity index (χ0v) is 15.9. The van der Waals surface area contributed by atoms with Gasteiger partial charge in [-0.25, -0.2) is 0 Å². The summed E-state index contributed by atoms with van der Waals surface area (Å²) in [6, 6.07) is 19.2. The summed E-state index contributed by atoms with van der Waals surface area (Å²) >= 11 is 0. The molecule has 2 N–H and O–H groups in total. The minimum Gasteiger partial charge on any atom is -0.493 e. The van der Waals surface area contributed by atoms with Gasteiger partial charge in [-0.1, -0.05) is 30.3 Å². The predicted molar refractivity (Wildman–Crippen MR) is 108 cm³/mol. The van der Waals surface area contributed by atoms with Crippen LogP contribution in [0.5, 0.6) is 11.5 Å². The number of carbonyl (C=O) groups is 2. The third-order valence-electron chi connectivity index (χ3n) is 4.10. The fraction of sp³-hybridized carbons (Fsp3) is 0.0909. The van der Waals surface area contributed by atoms with Crippen LogP contribution in [0.3, 0.4) is 0 Å². The van der Waals surface area contributed by atoms with Gasteiger partial charge in [0.2, 0.25) is 0 Å². The highest BCUT2D eigenvalue weighted by atomic mass is 19.3. The Balaban J connectivity index is 1.80. The first-order chi connectivity index (χ1) is 14.5. The van der Waals surface area contributed by atoms with Crippen molar-refractivity contribution >= 4 is 23.2 Å². The zero-order valence-electron chi connectivity index (χ0n) is 15.9. The fourth-order valence-corrected chi connectivity index (χ4v) is 2.69. The molecule has 0 unspecified atom stereocenters. The van der Waals surface area contributed by atoms with E-state index in [9.17, 15) is 18.4 Å². The molecular formula is C22H18F2N2O4. The van der Waals surface area contributed by atoms with Gasteiger partial charge in [0.1, 0.15) is 0 Å². The normalized spacial score (nSPS) is 10.4. The number of hydrogen-bond acceptors (Lipinski definition) is 4. The van der Waals surface area contributed by atoms with Gasteiger partial charge < -0.3 is 20.1 Å². The SMILES string of the molecule is COc1ccc(C(=O)Nc2ccccc2NC(=O)c2ccccc2)cc1OC(F)F. The van der Waals surface area contributed by atoms with E-state index in [1.807, 2.05) is 0 Å². The third kappa shape index (κ3) is 5.11. The number of halogens is 2. The molecule has 3 aromatic carbocycles. The molecule has 0 fully saturated rings. The predicted octanol–water partition coefficient (Wildman–Crippen LogP) is 4.80. The standard InChI is InChI=1S/C22H18F2N2O4/c1-29-18-12-11-15(13-19(18)30-22(23)24)21(28)26-17-10-6-5-9-16(17)25-20(27)14-7-3-2-4-8-14/h2-13,22H,1H3,(H,25,27)(H,26,28). The molecule has 0 radical (unpaired) electrons. The average Bonchev–Trinajstić information content (AvgIpc) is 2.75. The number of anilines is 2. The lowest BCUT2D eigenvalue weighted by Gasteiger charge is -2.14. The number of carbonyl (C=O) groups excluding carboxylic acids is 2. The topological polar surface area (TPSA) is 76.7 Å². The summed E-state index contributed by atoms with van der Waals surface area (Å²) in [6.45, 7) is -3.06. The Kier molecular flexibility index (Phi) is 6.59. The Labute approximate surface area is 171 Å². The molecule has 0 atom stereocenters. The van der Waals surface area contributed by atoms with Crippen LogP contribution in [0, 0.1) is 0 Å². The summed E-state index contributed by atoms with van der Waals surface area (Å²) in [5.74, 6) is -1.10. The Bertz CT molecular complexity index is 1040. The van der Waals surface area contributed by atoms with Crippen LogP contribution in [-0.2, 0) is 0 Å². The van der Waals surface area contributed by atoms with Gasteiger partial charge in [0, 0.05) is 11.1 Å². The number of alkyl halides is 2. The number of hydrogen-bond donors (Lipinski definition) is 2. The molecule has 3 aromatic rings. The molecule has 2 amide bonds. The molecule has 0 aliphatic heterocycles. The van der Waals surface area contributed by atoms with Crippen LogP contribution in [0.15, 0.2) is 72.8 Å². The van der Waals surface area contributed by atoms with Crippen LogP contribution in [0.1, 0.15) is 20.7 Å². The molecule has 0 saturated carbocycles. The van der Waals surface area contributed by atoms with E-state index in [4.69, 9.17) is 4.74 Å². The van der Waals surface area contributed by atoms with Crippen molar-refractivity contribution < 1.29 is 27.8 Å². The molecule has 30 heavy (non-hydrogen) atoms. The summed E-state index contributed by atoms with van der Waals surface area (Å²) in [5.41, 5.74) is 1.27. The molecule has 0 aromatic heterocycles. The molecule has 0 aliphatic carbocycles. The van der Waals surface area contributed by atoms with Gasteiger partial charge in [-0.3, -0.25) is 9.59 Å². The van der Waals surface area contributed by atoms with Crippen LogP contribution in [0.25, 0.3) is 0 Å². The molecule has 0 saturated heterocycles. The van der Waals surface area contributed by atoms with E-state index in [0.29, 0.717) is 16.9 Å². The maximum atomic E-state index is 12.7. The summed E-state index contributed by atoms with van der Waals surface area (Å²) < 4.78 is 34.6.